The van der Waals surface area contributed by atoms with Crippen LogP contribution in [0.3, 0.4) is 0 Å². The predicted octanol–water partition coefficient (Wildman–Crippen LogP) is 4.00. The summed E-state index contributed by atoms with van der Waals surface area (Å²) in [5.74, 6) is 0.672. The summed E-state index contributed by atoms with van der Waals surface area (Å²) in [5.41, 5.74) is 0.920. The molecule has 0 radical (unpaired) electrons. The molecule has 2 aromatic heterocycles. The molecule has 0 saturated carbocycles. The fraction of sp³-hybridized carbons (Fsp3) is 0.263. The van der Waals surface area contributed by atoms with Crippen LogP contribution >= 0.6 is 11.3 Å². The highest BCUT2D eigenvalue weighted by molar-refractivity contribution is 7.13. The number of carbonyl (C=O) groups is 1. The SMILES string of the molecule is Cc1ccc(-c2nc(CC(=O)NC[C@@H](O)c3ccc(OC(F)(F)F)cc3)cs2)o1. The topological polar surface area (TPSA) is 84.6 Å². The van der Waals surface area contributed by atoms with Gasteiger partial charge in [0, 0.05) is 11.9 Å². The lowest BCUT2D eigenvalue weighted by Gasteiger charge is -2.13. The number of rotatable bonds is 7. The molecule has 0 fully saturated rings. The van der Waals surface area contributed by atoms with Crippen LogP contribution in [0, 0.1) is 6.92 Å². The highest BCUT2D eigenvalue weighted by Crippen LogP contribution is 2.26. The van der Waals surface area contributed by atoms with E-state index in [0.29, 0.717) is 22.0 Å². The Hall–Kier alpha value is -2.85. The maximum Gasteiger partial charge on any atom is 0.573 e. The molecule has 0 unspecified atom stereocenters. The van der Waals surface area contributed by atoms with Gasteiger partial charge in [-0.2, -0.15) is 0 Å². The Morgan fingerprint density at radius 3 is 2.62 bits per heavy atom. The molecule has 3 rings (SSSR count). The van der Waals surface area contributed by atoms with Crippen molar-refractivity contribution in [1.29, 1.82) is 0 Å². The summed E-state index contributed by atoms with van der Waals surface area (Å²) in [4.78, 5) is 16.4. The van der Waals surface area contributed by atoms with E-state index in [0.717, 1.165) is 17.9 Å². The van der Waals surface area contributed by atoms with E-state index in [1.807, 2.05) is 13.0 Å². The predicted molar refractivity (Wildman–Crippen MR) is 99.4 cm³/mol. The van der Waals surface area contributed by atoms with Crippen LogP contribution in [0.25, 0.3) is 10.8 Å². The lowest BCUT2D eigenvalue weighted by molar-refractivity contribution is -0.274. The summed E-state index contributed by atoms with van der Waals surface area (Å²) in [7, 11) is 0. The van der Waals surface area contributed by atoms with Gasteiger partial charge in [0.25, 0.3) is 0 Å². The molecule has 6 nitrogen and oxygen atoms in total. The van der Waals surface area contributed by atoms with Gasteiger partial charge < -0.3 is 19.6 Å². The number of aryl methyl sites for hydroxylation is 1. The molecular weight excluding hydrogens is 409 g/mol. The van der Waals surface area contributed by atoms with Crippen molar-refractivity contribution in [1.82, 2.24) is 10.3 Å². The van der Waals surface area contributed by atoms with E-state index in [-0.39, 0.29) is 24.6 Å². The van der Waals surface area contributed by atoms with Crippen molar-refractivity contribution in [2.45, 2.75) is 25.8 Å². The number of nitrogens with zero attached hydrogens (tertiary/aromatic N) is 1. The average molecular weight is 426 g/mol. The molecule has 3 aromatic rings. The van der Waals surface area contributed by atoms with Crippen LogP contribution in [0.1, 0.15) is 23.1 Å². The molecule has 2 N–H and O–H groups in total. The van der Waals surface area contributed by atoms with Crippen molar-refractivity contribution < 1.29 is 32.2 Å². The maximum atomic E-state index is 12.2. The Bertz CT molecular complexity index is 966. The van der Waals surface area contributed by atoms with Gasteiger partial charge in [0.1, 0.15) is 11.5 Å². The Morgan fingerprint density at radius 1 is 1.28 bits per heavy atom. The third kappa shape index (κ3) is 6.06. The van der Waals surface area contributed by atoms with Gasteiger partial charge in [-0.05, 0) is 36.8 Å². The van der Waals surface area contributed by atoms with Crippen molar-refractivity contribution >= 4 is 17.2 Å². The molecular formula is C19H17F3N2O4S. The zero-order chi connectivity index (χ0) is 21.0. The highest BCUT2D eigenvalue weighted by Gasteiger charge is 2.31. The number of amides is 1. The minimum Gasteiger partial charge on any atom is -0.459 e. The first-order valence-corrected chi connectivity index (χ1v) is 9.39. The Labute approximate surface area is 168 Å². The summed E-state index contributed by atoms with van der Waals surface area (Å²) in [6.07, 6.45) is -5.82. The maximum absolute atomic E-state index is 12.2. The van der Waals surface area contributed by atoms with Gasteiger partial charge in [0.2, 0.25) is 5.91 Å². The largest absolute Gasteiger partial charge is 0.573 e. The molecule has 1 atom stereocenters. The second-order valence-corrected chi connectivity index (χ2v) is 7.03. The van der Waals surface area contributed by atoms with Crippen LogP contribution in [0.2, 0.25) is 0 Å². The molecule has 0 spiro atoms. The lowest BCUT2D eigenvalue weighted by atomic mass is 10.1. The minimum absolute atomic E-state index is 0.0290. The number of hydrogen-bond donors (Lipinski definition) is 2. The summed E-state index contributed by atoms with van der Waals surface area (Å²) >= 11 is 1.36. The molecule has 1 aromatic carbocycles. The first-order chi connectivity index (χ1) is 13.7. The Morgan fingerprint density at radius 2 is 2.00 bits per heavy atom. The first kappa shape index (κ1) is 20.9. The monoisotopic (exact) mass is 426 g/mol. The fourth-order valence-electron chi connectivity index (χ4n) is 2.50. The Balaban J connectivity index is 1.49. The third-order valence-corrected chi connectivity index (χ3v) is 4.74. The number of benzene rings is 1. The van der Waals surface area contributed by atoms with E-state index in [4.69, 9.17) is 4.42 Å². The van der Waals surface area contributed by atoms with Crippen molar-refractivity contribution in [3.05, 3.63) is 58.8 Å². The number of aromatic nitrogens is 1. The minimum atomic E-state index is -4.78. The van der Waals surface area contributed by atoms with E-state index < -0.39 is 12.5 Å². The van der Waals surface area contributed by atoms with E-state index >= 15 is 0 Å². The number of alkyl halides is 3. The number of halogens is 3. The fourth-order valence-corrected chi connectivity index (χ4v) is 3.28. The van der Waals surface area contributed by atoms with Crippen molar-refractivity contribution in [3.8, 4) is 16.5 Å². The molecule has 0 aliphatic rings. The standard InChI is InChI=1S/C19H17F3N2O4S/c1-11-2-7-16(27-11)18-24-13(10-29-18)8-17(26)23-9-15(25)12-3-5-14(6-4-12)28-19(20,21)22/h2-7,10,15,25H,8-9H2,1H3,(H,23,26)/t15-/m1/s1. The first-order valence-electron chi connectivity index (χ1n) is 8.51. The molecule has 0 aliphatic carbocycles. The zero-order valence-corrected chi connectivity index (χ0v) is 16.0. The second kappa shape index (κ2) is 8.66. The number of nitrogens with one attached hydrogen (secondary N) is 1. The van der Waals surface area contributed by atoms with Crippen LogP contribution in [0.4, 0.5) is 13.2 Å². The van der Waals surface area contributed by atoms with Crippen molar-refractivity contribution in [2.75, 3.05) is 6.54 Å². The van der Waals surface area contributed by atoms with Crippen molar-refractivity contribution in [3.63, 3.8) is 0 Å². The van der Waals surface area contributed by atoms with Crippen LogP contribution in [0.15, 0.2) is 46.2 Å². The summed E-state index contributed by atoms with van der Waals surface area (Å²) in [5, 5.41) is 15.1. The van der Waals surface area contributed by atoms with Gasteiger partial charge in [-0.25, -0.2) is 4.98 Å². The van der Waals surface area contributed by atoms with Crippen LogP contribution in [0.5, 0.6) is 5.75 Å². The number of hydrogen-bond acceptors (Lipinski definition) is 6. The number of ether oxygens (including phenoxy) is 1. The quantitative estimate of drug-likeness (QED) is 0.597. The summed E-state index contributed by atoms with van der Waals surface area (Å²) in [6.45, 7) is 1.74. The summed E-state index contributed by atoms with van der Waals surface area (Å²) < 4.78 is 45.7. The number of aliphatic hydroxyl groups is 1. The van der Waals surface area contributed by atoms with E-state index in [1.165, 1.54) is 23.5 Å². The lowest BCUT2D eigenvalue weighted by Crippen LogP contribution is -2.29. The average Bonchev–Trinajstić information content (AvgIpc) is 3.28. The molecule has 2 heterocycles. The van der Waals surface area contributed by atoms with Gasteiger partial charge in [0.05, 0.1) is 18.2 Å². The number of carbonyl (C=O) groups excluding carboxylic acids is 1. The van der Waals surface area contributed by atoms with E-state index in [1.54, 1.807) is 11.4 Å². The van der Waals surface area contributed by atoms with Gasteiger partial charge in [0.15, 0.2) is 10.8 Å². The molecule has 29 heavy (non-hydrogen) atoms. The number of furan rings is 1. The third-order valence-electron chi connectivity index (χ3n) is 3.84. The van der Waals surface area contributed by atoms with Gasteiger partial charge in [-0.1, -0.05) is 12.1 Å². The Kier molecular flexibility index (Phi) is 6.23. The zero-order valence-electron chi connectivity index (χ0n) is 15.2. The van der Waals surface area contributed by atoms with Crippen LogP contribution in [-0.2, 0) is 11.2 Å². The van der Waals surface area contributed by atoms with Gasteiger partial charge in [-0.3, -0.25) is 4.79 Å². The van der Waals surface area contributed by atoms with Gasteiger partial charge in [-0.15, -0.1) is 24.5 Å². The molecule has 1 amide bonds. The van der Waals surface area contributed by atoms with Crippen LogP contribution in [-0.4, -0.2) is 28.9 Å². The smallest absolute Gasteiger partial charge is 0.459 e. The van der Waals surface area contributed by atoms with Gasteiger partial charge >= 0.3 is 6.36 Å². The molecule has 0 bridgehead atoms. The normalized spacial score (nSPS) is 12.6. The molecule has 0 aliphatic heterocycles. The molecule has 0 saturated heterocycles. The summed E-state index contributed by atoms with van der Waals surface area (Å²) in [6, 6.07) is 8.43. The highest BCUT2D eigenvalue weighted by atomic mass is 32.1. The molecule has 10 heteroatoms. The van der Waals surface area contributed by atoms with E-state index in [2.05, 4.69) is 15.0 Å². The number of thiazole rings is 1. The van der Waals surface area contributed by atoms with Crippen LogP contribution < -0.4 is 10.1 Å². The van der Waals surface area contributed by atoms with Crippen molar-refractivity contribution in [2.24, 2.45) is 0 Å². The molecule has 154 valence electrons. The second-order valence-electron chi connectivity index (χ2n) is 6.17. The number of aliphatic hydroxyl groups excluding tert-OH is 1. The van der Waals surface area contributed by atoms with E-state index in [9.17, 15) is 23.1 Å².